The molecule has 1 aromatic carbocycles. The Hall–Kier alpha value is -2.00. The Morgan fingerprint density at radius 1 is 1.22 bits per heavy atom. The average Bonchev–Trinajstić information content (AvgIpc) is 2.95. The quantitative estimate of drug-likeness (QED) is 0.909. The number of nitrogens with one attached hydrogen (secondary N) is 1. The molecule has 0 radical (unpaired) electrons. The van der Waals surface area contributed by atoms with Gasteiger partial charge in [-0.1, -0.05) is 11.3 Å². The monoisotopic (exact) mass is 359 g/mol. The fraction of sp³-hybridized carbons (Fsp3) is 0.214. The minimum Gasteiger partial charge on any atom is -0.444 e. The van der Waals surface area contributed by atoms with Crippen LogP contribution in [0.1, 0.15) is 21.7 Å². The van der Waals surface area contributed by atoms with Gasteiger partial charge in [0.15, 0.2) is 17.4 Å². The van der Waals surface area contributed by atoms with Crippen LogP contribution < -0.4 is 9.46 Å². The smallest absolute Gasteiger partial charge is 0.229 e. The lowest BCUT2D eigenvalue weighted by Crippen LogP contribution is -2.10. The predicted molar refractivity (Wildman–Crippen MR) is 81.9 cm³/mol. The lowest BCUT2D eigenvalue weighted by molar-refractivity contribution is 0.0998. The fourth-order valence-corrected chi connectivity index (χ4v) is 4.06. The zero-order chi connectivity index (χ0) is 16.8. The van der Waals surface area contributed by atoms with Gasteiger partial charge in [-0.25, -0.2) is 17.2 Å². The molecule has 0 atom stereocenters. The standard InChI is InChI=1S/C14H11F2NO4S2/c1-23(19,20)17-12-8-3-5-11(18)13(8)22-14(12)21-7-2-4-9(15)10(16)6-7/h2,4,6,17H,3,5H2,1H3. The van der Waals surface area contributed by atoms with E-state index in [1.54, 1.807) is 0 Å². The summed E-state index contributed by atoms with van der Waals surface area (Å²) in [5, 5.41) is 0.125. The Kier molecular flexibility index (Phi) is 3.85. The van der Waals surface area contributed by atoms with Gasteiger partial charge in [-0.05, 0) is 18.6 Å². The zero-order valence-electron chi connectivity index (χ0n) is 11.9. The molecule has 122 valence electrons. The van der Waals surface area contributed by atoms with Gasteiger partial charge in [-0.3, -0.25) is 9.52 Å². The third-order valence-electron chi connectivity index (χ3n) is 3.22. The van der Waals surface area contributed by atoms with Crippen molar-refractivity contribution in [2.24, 2.45) is 0 Å². The summed E-state index contributed by atoms with van der Waals surface area (Å²) in [6, 6.07) is 2.97. The number of halogens is 2. The molecule has 1 aromatic heterocycles. The average molecular weight is 359 g/mol. The second-order valence-corrected chi connectivity index (χ2v) is 7.78. The molecular weight excluding hydrogens is 348 g/mol. The van der Waals surface area contributed by atoms with Crippen molar-refractivity contribution in [1.82, 2.24) is 0 Å². The van der Waals surface area contributed by atoms with E-state index in [1.807, 2.05) is 0 Å². The number of thiophene rings is 1. The van der Waals surface area contributed by atoms with E-state index in [4.69, 9.17) is 4.74 Å². The number of benzene rings is 1. The minimum absolute atomic E-state index is 0.00724. The Balaban J connectivity index is 2.03. The number of ketones is 1. The Morgan fingerprint density at radius 3 is 2.61 bits per heavy atom. The molecule has 0 saturated carbocycles. The second kappa shape index (κ2) is 5.57. The highest BCUT2D eigenvalue weighted by Gasteiger charge is 2.30. The second-order valence-electron chi connectivity index (χ2n) is 5.05. The summed E-state index contributed by atoms with van der Waals surface area (Å²) in [5.74, 6) is -2.19. The number of anilines is 1. The summed E-state index contributed by atoms with van der Waals surface area (Å²) >= 11 is 0.987. The third kappa shape index (κ3) is 3.20. The molecule has 3 rings (SSSR count). The van der Waals surface area contributed by atoms with Crippen LogP contribution in [-0.4, -0.2) is 20.5 Å². The van der Waals surface area contributed by atoms with Gasteiger partial charge in [0, 0.05) is 18.1 Å². The molecule has 0 bridgehead atoms. The van der Waals surface area contributed by atoms with Crippen molar-refractivity contribution in [3.63, 3.8) is 0 Å². The van der Waals surface area contributed by atoms with E-state index >= 15 is 0 Å². The number of carbonyl (C=O) groups is 1. The van der Waals surface area contributed by atoms with Crippen molar-refractivity contribution in [2.45, 2.75) is 12.8 Å². The van der Waals surface area contributed by atoms with Crippen molar-refractivity contribution in [1.29, 1.82) is 0 Å². The highest BCUT2D eigenvalue weighted by atomic mass is 32.2. The molecular formula is C14H11F2NO4S2. The van der Waals surface area contributed by atoms with Gasteiger partial charge >= 0.3 is 0 Å². The molecule has 0 spiro atoms. The first kappa shape index (κ1) is 15.9. The summed E-state index contributed by atoms with van der Waals surface area (Å²) in [5.41, 5.74) is 0.756. The summed E-state index contributed by atoms with van der Waals surface area (Å²) in [4.78, 5) is 12.2. The summed E-state index contributed by atoms with van der Waals surface area (Å²) < 4.78 is 57.1. The Morgan fingerprint density at radius 2 is 1.96 bits per heavy atom. The summed E-state index contributed by atoms with van der Waals surface area (Å²) in [7, 11) is -3.58. The molecule has 0 unspecified atom stereocenters. The SMILES string of the molecule is CS(=O)(=O)Nc1c(Oc2ccc(F)c(F)c2)sc2c1CCC2=O. The van der Waals surface area contributed by atoms with Crippen LogP contribution in [-0.2, 0) is 16.4 Å². The highest BCUT2D eigenvalue weighted by molar-refractivity contribution is 7.92. The van der Waals surface area contributed by atoms with Crippen molar-refractivity contribution < 1.29 is 26.7 Å². The molecule has 5 nitrogen and oxygen atoms in total. The number of fused-ring (bicyclic) bond motifs is 1. The van der Waals surface area contributed by atoms with E-state index in [-0.39, 0.29) is 22.3 Å². The Bertz CT molecular complexity index is 906. The highest BCUT2D eigenvalue weighted by Crippen LogP contribution is 2.46. The topological polar surface area (TPSA) is 72.5 Å². The van der Waals surface area contributed by atoms with E-state index in [2.05, 4.69) is 4.72 Å². The van der Waals surface area contributed by atoms with Crippen LogP contribution in [0.2, 0.25) is 0 Å². The number of sulfonamides is 1. The molecule has 1 heterocycles. The number of carbonyl (C=O) groups excluding carboxylic acids is 1. The predicted octanol–water partition coefficient (Wildman–Crippen LogP) is 3.32. The van der Waals surface area contributed by atoms with Gasteiger partial charge in [-0.15, -0.1) is 0 Å². The minimum atomic E-state index is -3.58. The van der Waals surface area contributed by atoms with E-state index in [9.17, 15) is 22.0 Å². The molecule has 1 N–H and O–H groups in total. The van der Waals surface area contributed by atoms with E-state index < -0.39 is 21.7 Å². The van der Waals surface area contributed by atoms with Gasteiger partial charge in [0.1, 0.15) is 11.4 Å². The number of Topliss-reactive ketones (excluding diaryl/α,β-unsaturated/α-hetero) is 1. The fourth-order valence-electron chi connectivity index (χ4n) is 2.27. The number of hydrogen-bond donors (Lipinski definition) is 1. The van der Waals surface area contributed by atoms with Crippen LogP contribution in [0.15, 0.2) is 18.2 Å². The maximum atomic E-state index is 13.3. The number of hydrogen-bond acceptors (Lipinski definition) is 5. The molecule has 0 fully saturated rings. The van der Waals surface area contributed by atoms with Crippen LogP contribution in [0.4, 0.5) is 14.5 Å². The van der Waals surface area contributed by atoms with Crippen molar-refractivity contribution >= 4 is 32.8 Å². The van der Waals surface area contributed by atoms with E-state index in [0.29, 0.717) is 23.3 Å². The first-order valence-corrected chi connectivity index (χ1v) is 9.25. The molecule has 0 aliphatic heterocycles. The van der Waals surface area contributed by atoms with Crippen LogP contribution in [0.25, 0.3) is 0 Å². The van der Waals surface area contributed by atoms with Crippen molar-refractivity contribution in [2.75, 3.05) is 11.0 Å². The molecule has 1 aliphatic carbocycles. The first-order chi connectivity index (χ1) is 10.7. The molecule has 0 amide bonds. The maximum Gasteiger partial charge on any atom is 0.229 e. The van der Waals surface area contributed by atoms with Gasteiger partial charge in [0.05, 0.1) is 11.1 Å². The van der Waals surface area contributed by atoms with Crippen LogP contribution in [0, 0.1) is 11.6 Å². The molecule has 0 saturated heterocycles. The van der Waals surface area contributed by atoms with Crippen LogP contribution in [0.3, 0.4) is 0 Å². The molecule has 1 aliphatic rings. The van der Waals surface area contributed by atoms with Crippen molar-refractivity contribution in [3.05, 3.63) is 40.3 Å². The lowest BCUT2D eigenvalue weighted by atomic mass is 10.2. The Labute approximate surface area is 134 Å². The third-order valence-corrected chi connectivity index (χ3v) is 4.95. The zero-order valence-corrected chi connectivity index (χ0v) is 13.5. The molecule has 9 heteroatoms. The van der Waals surface area contributed by atoms with E-state index in [1.165, 1.54) is 6.07 Å². The largest absolute Gasteiger partial charge is 0.444 e. The molecule has 23 heavy (non-hydrogen) atoms. The van der Waals surface area contributed by atoms with E-state index in [0.717, 1.165) is 29.7 Å². The lowest BCUT2D eigenvalue weighted by Gasteiger charge is -2.09. The summed E-state index contributed by atoms with van der Waals surface area (Å²) in [6.07, 6.45) is 1.70. The van der Waals surface area contributed by atoms with Gasteiger partial charge in [-0.2, -0.15) is 0 Å². The van der Waals surface area contributed by atoms with Gasteiger partial charge < -0.3 is 4.74 Å². The molecule has 2 aromatic rings. The number of rotatable bonds is 4. The van der Waals surface area contributed by atoms with Crippen molar-refractivity contribution in [3.8, 4) is 10.8 Å². The van der Waals surface area contributed by atoms with Crippen LogP contribution >= 0.6 is 11.3 Å². The number of ether oxygens (including phenoxy) is 1. The normalized spacial score (nSPS) is 14.0. The first-order valence-electron chi connectivity index (χ1n) is 6.54. The van der Waals surface area contributed by atoms with Gasteiger partial charge in [0.2, 0.25) is 15.1 Å². The summed E-state index contributed by atoms with van der Waals surface area (Å²) in [6.45, 7) is 0. The van der Waals surface area contributed by atoms with Gasteiger partial charge in [0.25, 0.3) is 0 Å². The maximum absolute atomic E-state index is 13.3. The van der Waals surface area contributed by atoms with Crippen LogP contribution in [0.5, 0.6) is 10.8 Å².